The summed E-state index contributed by atoms with van der Waals surface area (Å²) in [7, 11) is -3.74. The standard InChI is InChI=1S/C22H27Br2N3O4S/c1-4-12-25-22(29)16(2)26(14-17-8-10-18(23)11-9-17)21(28)15-27(32(3,30)31)20-7-5-6-19(24)13-20/h5-11,13,16H,4,12,14-15H2,1-3H3,(H,25,29)/t16-/m0/s1. The zero-order valence-corrected chi connectivity index (χ0v) is 22.2. The molecule has 2 rings (SSSR count). The molecule has 174 valence electrons. The lowest BCUT2D eigenvalue weighted by molar-refractivity contribution is -0.139. The number of nitrogens with one attached hydrogen (secondary N) is 1. The van der Waals surface area contributed by atoms with Crippen molar-refractivity contribution in [2.24, 2.45) is 0 Å². The van der Waals surface area contributed by atoms with E-state index in [-0.39, 0.29) is 12.5 Å². The molecule has 0 aliphatic rings. The molecule has 0 heterocycles. The van der Waals surface area contributed by atoms with Crippen LogP contribution in [0.25, 0.3) is 0 Å². The first-order valence-corrected chi connectivity index (χ1v) is 13.5. The molecule has 7 nitrogen and oxygen atoms in total. The zero-order valence-electron chi connectivity index (χ0n) is 18.2. The Balaban J connectivity index is 2.35. The molecule has 1 N–H and O–H groups in total. The quantitative estimate of drug-likeness (QED) is 0.456. The van der Waals surface area contributed by atoms with Gasteiger partial charge in [0, 0.05) is 22.0 Å². The van der Waals surface area contributed by atoms with E-state index in [0.29, 0.717) is 16.7 Å². The number of hydrogen-bond acceptors (Lipinski definition) is 4. The summed E-state index contributed by atoms with van der Waals surface area (Å²) in [6.07, 6.45) is 1.82. The average molecular weight is 589 g/mol. The average Bonchev–Trinajstić information content (AvgIpc) is 2.73. The Morgan fingerprint density at radius 2 is 1.72 bits per heavy atom. The molecule has 0 unspecified atom stereocenters. The minimum atomic E-state index is -3.74. The molecule has 0 fully saturated rings. The second-order valence-electron chi connectivity index (χ2n) is 7.36. The van der Waals surface area contributed by atoms with Gasteiger partial charge in [-0.05, 0) is 49.2 Å². The number of carbonyl (C=O) groups excluding carboxylic acids is 2. The lowest BCUT2D eigenvalue weighted by atomic mass is 10.1. The van der Waals surface area contributed by atoms with E-state index >= 15 is 0 Å². The fourth-order valence-electron chi connectivity index (χ4n) is 3.01. The summed E-state index contributed by atoms with van der Waals surface area (Å²) in [6.45, 7) is 3.83. The van der Waals surface area contributed by atoms with E-state index in [2.05, 4.69) is 37.2 Å². The minimum absolute atomic E-state index is 0.170. The van der Waals surface area contributed by atoms with Gasteiger partial charge in [-0.1, -0.05) is 57.0 Å². The van der Waals surface area contributed by atoms with Crippen LogP contribution < -0.4 is 9.62 Å². The van der Waals surface area contributed by atoms with Crippen molar-refractivity contribution >= 4 is 59.4 Å². The highest BCUT2D eigenvalue weighted by atomic mass is 79.9. The molecule has 0 radical (unpaired) electrons. The molecule has 2 aromatic carbocycles. The van der Waals surface area contributed by atoms with E-state index in [9.17, 15) is 18.0 Å². The van der Waals surface area contributed by atoms with Crippen LogP contribution in [-0.4, -0.2) is 50.5 Å². The maximum Gasteiger partial charge on any atom is 0.244 e. The Bertz CT molecular complexity index is 1050. The van der Waals surface area contributed by atoms with E-state index in [1.165, 1.54) is 4.90 Å². The van der Waals surface area contributed by atoms with E-state index in [0.717, 1.165) is 27.0 Å². The van der Waals surface area contributed by atoms with Crippen LogP contribution in [-0.2, 0) is 26.2 Å². The molecular weight excluding hydrogens is 562 g/mol. The Kier molecular flexibility index (Phi) is 9.72. The van der Waals surface area contributed by atoms with Crippen LogP contribution in [0.1, 0.15) is 25.8 Å². The Labute approximate surface area is 206 Å². The van der Waals surface area contributed by atoms with Gasteiger partial charge >= 0.3 is 0 Å². The van der Waals surface area contributed by atoms with Crippen LogP contribution in [0.4, 0.5) is 5.69 Å². The summed E-state index contributed by atoms with van der Waals surface area (Å²) in [6, 6.07) is 13.3. The number of amides is 2. The minimum Gasteiger partial charge on any atom is -0.354 e. The van der Waals surface area contributed by atoms with Gasteiger partial charge in [-0.2, -0.15) is 0 Å². The molecule has 32 heavy (non-hydrogen) atoms. The van der Waals surface area contributed by atoms with Crippen molar-refractivity contribution in [1.82, 2.24) is 10.2 Å². The van der Waals surface area contributed by atoms with Gasteiger partial charge in [0.15, 0.2) is 0 Å². The van der Waals surface area contributed by atoms with E-state index < -0.39 is 28.5 Å². The summed E-state index contributed by atoms with van der Waals surface area (Å²) in [5.74, 6) is -0.761. The van der Waals surface area contributed by atoms with Crippen LogP contribution in [0.5, 0.6) is 0 Å². The highest BCUT2D eigenvalue weighted by molar-refractivity contribution is 9.10. The third-order valence-corrected chi connectivity index (χ3v) is 6.92. The normalized spacial score (nSPS) is 12.2. The topological polar surface area (TPSA) is 86.8 Å². The van der Waals surface area contributed by atoms with Gasteiger partial charge in [0.25, 0.3) is 0 Å². The number of anilines is 1. The summed E-state index contributed by atoms with van der Waals surface area (Å²) in [4.78, 5) is 27.4. The zero-order chi connectivity index (χ0) is 23.9. The summed E-state index contributed by atoms with van der Waals surface area (Å²) in [5, 5.41) is 2.81. The molecule has 0 saturated heterocycles. The van der Waals surface area contributed by atoms with Gasteiger partial charge in [0.2, 0.25) is 21.8 Å². The van der Waals surface area contributed by atoms with Gasteiger partial charge < -0.3 is 10.2 Å². The van der Waals surface area contributed by atoms with Crippen LogP contribution in [0.15, 0.2) is 57.5 Å². The molecule has 0 spiro atoms. The second-order valence-corrected chi connectivity index (χ2v) is 11.1. The van der Waals surface area contributed by atoms with Crippen molar-refractivity contribution in [2.45, 2.75) is 32.9 Å². The lowest BCUT2D eigenvalue weighted by Crippen LogP contribution is -2.51. The number of benzene rings is 2. The Morgan fingerprint density at radius 3 is 2.28 bits per heavy atom. The molecule has 1 atom stereocenters. The SMILES string of the molecule is CCCNC(=O)[C@H](C)N(Cc1ccc(Br)cc1)C(=O)CN(c1cccc(Br)c1)S(C)(=O)=O. The molecule has 10 heteroatoms. The number of hydrogen-bond donors (Lipinski definition) is 1. The van der Waals surface area contributed by atoms with Crippen molar-refractivity contribution in [3.05, 3.63) is 63.0 Å². The maximum atomic E-state index is 13.4. The molecule has 0 aliphatic heterocycles. The van der Waals surface area contributed by atoms with Crippen molar-refractivity contribution < 1.29 is 18.0 Å². The summed E-state index contributed by atoms with van der Waals surface area (Å²) >= 11 is 6.72. The fraction of sp³-hybridized carbons (Fsp3) is 0.364. The van der Waals surface area contributed by atoms with Gasteiger partial charge in [-0.25, -0.2) is 8.42 Å². The lowest BCUT2D eigenvalue weighted by Gasteiger charge is -2.31. The van der Waals surface area contributed by atoms with Gasteiger partial charge in [-0.15, -0.1) is 0 Å². The van der Waals surface area contributed by atoms with E-state index in [1.807, 2.05) is 31.2 Å². The first-order chi connectivity index (χ1) is 15.0. The van der Waals surface area contributed by atoms with Crippen LogP contribution >= 0.6 is 31.9 Å². The van der Waals surface area contributed by atoms with E-state index in [4.69, 9.17) is 0 Å². The first-order valence-electron chi connectivity index (χ1n) is 10.1. The Hall–Kier alpha value is -1.91. The smallest absolute Gasteiger partial charge is 0.244 e. The predicted molar refractivity (Wildman–Crippen MR) is 134 cm³/mol. The monoisotopic (exact) mass is 587 g/mol. The van der Waals surface area contributed by atoms with Gasteiger partial charge in [0.1, 0.15) is 12.6 Å². The Morgan fingerprint density at radius 1 is 1.06 bits per heavy atom. The highest BCUT2D eigenvalue weighted by Crippen LogP contribution is 2.23. The molecule has 2 amide bonds. The fourth-order valence-corrected chi connectivity index (χ4v) is 4.50. The highest BCUT2D eigenvalue weighted by Gasteiger charge is 2.30. The van der Waals surface area contributed by atoms with Crippen molar-refractivity contribution in [2.75, 3.05) is 23.7 Å². The second kappa shape index (κ2) is 11.8. The van der Waals surface area contributed by atoms with Gasteiger partial charge in [-0.3, -0.25) is 13.9 Å². The van der Waals surface area contributed by atoms with Crippen molar-refractivity contribution in [1.29, 1.82) is 0 Å². The summed E-state index contributed by atoms with van der Waals surface area (Å²) < 4.78 is 27.6. The van der Waals surface area contributed by atoms with E-state index in [1.54, 1.807) is 31.2 Å². The molecule has 0 aromatic heterocycles. The number of halogens is 2. The molecular formula is C22H27Br2N3O4S. The van der Waals surface area contributed by atoms with Crippen LogP contribution in [0.2, 0.25) is 0 Å². The number of rotatable bonds is 10. The van der Waals surface area contributed by atoms with Crippen LogP contribution in [0.3, 0.4) is 0 Å². The molecule has 0 saturated carbocycles. The molecule has 2 aromatic rings. The number of sulfonamides is 1. The molecule has 0 aliphatic carbocycles. The maximum absolute atomic E-state index is 13.4. The summed E-state index contributed by atoms with van der Waals surface area (Å²) in [5.41, 5.74) is 1.19. The number of carbonyl (C=O) groups is 2. The third kappa shape index (κ3) is 7.60. The number of nitrogens with zero attached hydrogens (tertiary/aromatic N) is 2. The third-order valence-electron chi connectivity index (χ3n) is 4.76. The van der Waals surface area contributed by atoms with Crippen LogP contribution in [0, 0.1) is 0 Å². The van der Waals surface area contributed by atoms with Gasteiger partial charge in [0.05, 0.1) is 11.9 Å². The largest absolute Gasteiger partial charge is 0.354 e. The van der Waals surface area contributed by atoms with Crippen molar-refractivity contribution in [3.8, 4) is 0 Å². The molecule has 0 bridgehead atoms. The predicted octanol–water partition coefficient (Wildman–Crippen LogP) is 3.92. The first kappa shape index (κ1) is 26.3. The van der Waals surface area contributed by atoms with Crippen molar-refractivity contribution in [3.63, 3.8) is 0 Å².